The van der Waals surface area contributed by atoms with E-state index in [2.05, 4.69) is 15.3 Å². The van der Waals surface area contributed by atoms with Crippen LogP contribution in [0.5, 0.6) is 0 Å². The average Bonchev–Trinajstić information content (AvgIpc) is 3.42. The van der Waals surface area contributed by atoms with Crippen LogP contribution in [-0.4, -0.2) is 33.4 Å². The number of halogens is 1. The van der Waals surface area contributed by atoms with Crippen LogP contribution in [0.15, 0.2) is 36.7 Å². The first-order chi connectivity index (χ1) is 13.1. The Kier molecular flexibility index (Phi) is 4.61. The van der Waals surface area contributed by atoms with Gasteiger partial charge in [-0.1, -0.05) is 0 Å². The van der Waals surface area contributed by atoms with Gasteiger partial charge >= 0.3 is 0 Å². The molecule has 1 saturated carbocycles. The molecule has 0 spiro atoms. The van der Waals surface area contributed by atoms with E-state index in [4.69, 9.17) is 4.74 Å². The molecular weight excluding hydrogens is 347 g/mol. The Hall–Kier alpha value is -2.80. The Bertz CT molecular complexity index is 980. The molecule has 6 nitrogen and oxygen atoms in total. The van der Waals surface area contributed by atoms with E-state index in [0.717, 1.165) is 24.1 Å². The molecule has 2 heterocycles. The van der Waals surface area contributed by atoms with Gasteiger partial charge in [-0.05, 0) is 56.0 Å². The van der Waals surface area contributed by atoms with Crippen LogP contribution < -0.4 is 5.32 Å². The monoisotopic (exact) mass is 368 g/mol. The summed E-state index contributed by atoms with van der Waals surface area (Å²) in [6, 6.07) is 8.08. The van der Waals surface area contributed by atoms with Gasteiger partial charge in [0, 0.05) is 18.7 Å². The van der Waals surface area contributed by atoms with Gasteiger partial charge in [0.25, 0.3) is 5.91 Å². The lowest BCUT2D eigenvalue weighted by molar-refractivity contribution is 0.0933. The van der Waals surface area contributed by atoms with Crippen LogP contribution in [0.1, 0.15) is 35.9 Å². The van der Waals surface area contributed by atoms with Crippen LogP contribution >= 0.6 is 0 Å². The molecule has 2 aromatic heterocycles. The summed E-state index contributed by atoms with van der Waals surface area (Å²) in [6.45, 7) is 2.35. The first-order valence-corrected chi connectivity index (χ1v) is 8.99. The van der Waals surface area contributed by atoms with Crippen LogP contribution in [0.3, 0.4) is 0 Å². The molecule has 1 N–H and O–H groups in total. The first-order valence-electron chi connectivity index (χ1n) is 8.99. The summed E-state index contributed by atoms with van der Waals surface area (Å²) in [5, 5.41) is 3.02. The third-order valence-corrected chi connectivity index (χ3v) is 4.92. The molecule has 1 aliphatic rings. The molecule has 0 saturated heterocycles. The van der Waals surface area contributed by atoms with E-state index in [9.17, 15) is 9.18 Å². The van der Waals surface area contributed by atoms with E-state index >= 15 is 0 Å². The van der Waals surface area contributed by atoms with Crippen molar-refractivity contribution in [2.45, 2.75) is 32.4 Å². The molecule has 0 radical (unpaired) electrons. The molecule has 1 amide bonds. The van der Waals surface area contributed by atoms with Gasteiger partial charge in [0.15, 0.2) is 11.3 Å². The van der Waals surface area contributed by atoms with Gasteiger partial charge in [-0.2, -0.15) is 0 Å². The minimum Gasteiger partial charge on any atom is -0.378 e. The molecule has 1 aromatic carbocycles. The fraction of sp³-hybridized carbons (Fsp3) is 0.350. The third kappa shape index (κ3) is 3.55. The quantitative estimate of drug-likeness (QED) is 0.725. The number of carbonyl (C=O) groups excluding carboxylic acids is 1. The molecule has 1 unspecified atom stereocenters. The zero-order chi connectivity index (χ0) is 19.0. The van der Waals surface area contributed by atoms with Gasteiger partial charge in [0.2, 0.25) is 0 Å². The zero-order valence-electron chi connectivity index (χ0n) is 15.3. The maximum absolute atomic E-state index is 13.3. The van der Waals surface area contributed by atoms with E-state index in [-0.39, 0.29) is 23.5 Å². The molecule has 140 valence electrons. The van der Waals surface area contributed by atoms with E-state index in [0.29, 0.717) is 23.9 Å². The SMILES string of the molecule is COCc1cc(-c2ccc(F)cc2)nc2c(C(=O)NC(C)C3CC3)ncn12. The lowest BCUT2D eigenvalue weighted by atomic mass is 10.1. The number of imidazole rings is 1. The average molecular weight is 368 g/mol. The molecule has 3 aromatic rings. The number of aromatic nitrogens is 3. The van der Waals surface area contributed by atoms with Crippen LogP contribution in [-0.2, 0) is 11.3 Å². The van der Waals surface area contributed by atoms with Crippen molar-refractivity contribution in [3.8, 4) is 11.3 Å². The Morgan fingerprint density at radius 2 is 2.11 bits per heavy atom. The predicted molar refractivity (Wildman–Crippen MR) is 98.7 cm³/mol. The van der Waals surface area contributed by atoms with Crippen molar-refractivity contribution in [3.05, 3.63) is 53.9 Å². The Morgan fingerprint density at radius 1 is 1.37 bits per heavy atom. The number of benzene rings is 1. The molecule has 4 rings (SSSR count). The molecule has 27 heavy (non-hydrogen) atoms. The fourth-order valence-corrected chi connectivity index (χ4v) is 3.21. The number of methoxy groups -OCH3 is 1. The summed E-state index contributed by atoms with van der Waals surface area (Å²) in [4.78, 5) is 21.6. The number of amides is 1. The zero-order valence-corrected chi connectivity index (χ0v) is 15.3. The van der Waals surface area contributed by atoms with Crippen molar-refractivity contribution in [1.29, 1.82) is 0 Å². The van der Waals surface area contributed by atoms with E-state index in [1.54, 1.807) is 30.0 Å². The summed E-state index contributed by atoms with van der Waals surface area (Å²) in [5.41, 5.74) is 2.95. The molecule has 1 atom stereocenters. The highest BCUT2D eigenvalue weighted by molar-refractivity contribution is 5.98. The summed E-state index contributed by atoms with van der Waals surface area (Å²) in [7, 11) is 1.60. The summed E-state index contributed by atoms with van der Waals surface area (Å²) < 4.78 is 20.3. The summed E-state index contributed by atoms with van der Waals surface area (Å²) in [6.07, 6.45) is 3.88. The van der Waals surface area contributed by atoms with Gasteiger partial charge in [0.1, 0.15) is 12.1 Å². The number of rotatable bonds is 6. The maximum Gasteiger partial charge on any atom is 0.274 e. The molecule has 7 heteroatoms. The Labute approximate surface area is 156 Å². The van der Waals surface area contributed by atoms with E-state index in [1.807, 2.05) is 13.0 Å². The lowest BCUT2D eigenvalue weighted by Gasteiger charge is -2.12. The van der Waals surface area contributed by atoms with E-state index < -0.39 is 0 Å². The maximum atomic E-state index is 13.3. The normalized spacial score (nSPS) is 15.1. The first kappa shape index (κ1) is 17.6. The van der Waals surface area contributed by atoms with Crippen molar-refractivity contribution in [3.63, 3.8) is 0 Å². The van der Waals surface area contributed by atoms with Gasteiger partial charge in [-0.3, -0.25) is 9.20 Å². The lowest BCUT2D eigenvalue weighted by Crippen LogP contribution is -2.34. The van der Waals surface area contributed by atoms with Crippen molar-refractivity contribution < 1.29 is 13.9 Å². The Balaban J connectivity index is 1.76. The number of carbonyl (C=O) groups is 1. The van der Waals surface area contributed by atoms with Gasteiger partial charge in [-0.15, -0.1) is 0 Å². The van der Waals surface area contributed by atoms with Crippen LogP contribution in [0.4, 0.5) is 4.39 Å². The predicted octanol–water partition coefficient (Wildman–Crippen LogP) is 3.21. The van der Waals surface area contributed by atoms with Crippen LogP contribution in [0, 0.1) is 11.7 Å². The molecule has 1 aliphatic carbocycles. The van der Waals surface area contributed by atoms with Crippen LogP contribution in [0.2, 0.25) is 0 Å². The minimum atomic E-state index is -0.310. The third-order valence-electron chi connectivity index (χ3n) is 4.92. The highest BCUT2D eigenvalue weighted by Crippen LogP contribution is 2.32. The highest BCUT2D eigenvalue weighted by Gasteiger charge is 2.30. The second-order valence-electron chi connectivity index (χ2n) is 6.96. The topological polar surface area (TPSA) is 68.5 Å². The van der Waals surface area contributed by atoms with Gasteiger partial charge < -0.3 is 10.1 Å². The van der Waals surface area contributed by atoms with Gasteiger partial charge in [-0.25, -0.2) is 14.4 Å². The van der Waals surface area contributed by atoms with Crippen molar-refractivity contribution in [2.24, 2.45) is 5.92 Å². The number of ether oxygens (including phenoxy) is 1. The molecule has 0 aliphatic heterocycles. The largest absolute Gasteiger partial charge is 0.378 e. The number of fused-ring (bicyclic) bond motifs is 1. The minimum absolute atomic E-state index is 0.118. The van der Waals surface area contributed by atoms with Crippen LogP contribution in [0.25, 0.3) is 16.9 Å². The van der Waals surface area contributed by atoms with Gasteiger partial charge in [0.05, 0.1) is 18.0 Å². The number of hydrogen-bond acceptors (Lipinski definition) is 4. The number of hydrogen-bond donors (Lipinski definition) is 1. The second kappa shape index (κ2) is 7.08. The number of nitrogens with one attached hydrogen (secondary N) is 1. The molecular formula is C20H21FN4O2. The summed E-state index contributed by atoms with van der Waals surface area (Å²) >= 11 is 0. The van der Waals surface area contributed by atoms with Crippen molar-refractivity contribution in [2.75, 3.05) is 7.11 Å². The smallest absolute Gasteiger partial charge is 0.274 e. The molecule has 0 bridgehead atoms. The Morgan fingerprint density at radius 3 is 2.78 bits per heavy atom. The summed E-state index contributed by atoms with van der Waals surface area (Å²) in [5.74, 6) is 0.00839. The molecule has 1 fully saturated rings. The number of nitrogens with zero attached hydrogens (tertiary/aromatic N) is 3. The van der Waals surface area contributed by atoms with Crippen molar-refractivity contribution in [1.82, 2.24) is 19.7 Å². The highest BCUT2D eigenvalue weighted by atomic mass is 19.1. The standard InChI is InChI=1S/C20H21FN4O2/c1-12(13-3-4-13)23-20(26)18-19-24-17(14-5-7-15(21)8-6-14)9-16(10-27-2)25(19)11-22-18/h5-9,11-13H,3-4,10H2,1-2H3,(H,23,26). The second-order valence-corrected chi connectivity index (χ2v) is 6.96. The van der Waals surface area contributed by atoms with Crippen molar-refractivity contribution >= 4 is 11.6 Å². The van der Waals surface area contributed by atoms with E-state index in [1.165, 1.54) is 12.1 Å². The fourth-order valence-electron chi connectivity index (χ4n) is 3.21.